The molecule has 1 aliphatic rings. The molecule has 7 heteroatoms. The van der Waals surface area contributed by atoms with Crippen LogP contribution in [0.4, 0.5) is 0 Å². The average Bonchev–Trinajstić information content (AvgIpc) is 3.35. The third kappa shape index (κ3) is 3.24. The number of hydrogen-bond acceptors (Lipinski definition) is 4. The number of hydrogen-bond donors (Lipinski definition) is 1. The van der Waals surface area contributed by atoms with Crippen molar-refractivity contribution in [2.24, 2.45) is 0 Å². The summed E-state index contributed by atoms with van der Waals surface area (Å²) in [4.78, 5) is 16.6. The predicted octanol–water partition coefficient (Wildman–Crippen LogP) is 3.54. The molecule has 3 heterocycles. The maximum absolute atomic E-state index is 12.9. The third-order valence-electron chi connectivity index (χ3n) is 4.97. The Labute approximate surface area is 161 Å². The van der Waals surface area contributed by atoms with Gasteiger partial charge in [0, 0.05) is 30.0 Å². The summed E-state index contributed by atoms with van der Waals surface area (Å²) >= 11 is 7.49. The monoisotopic (exact) mass is 388 g/mol. The van der Waals surface area contributed by atoms with Crippen molar-refractivity contribution >= 4 is 39.1 Å². The van der Waals surface area contributed by atoms with Gasteiger partial charge in [-0.2, -0.15) is 5.10 Å². The molecular formula is C19H21ClN4OS. The van der Waals surface area contributed by atoms with E-state index in [4.69, 9.17) is 11.6 Å². The molecule has 0 spiro atoms. The van der Waals surface area contributed by atoms with E-state index in [9.17, 15) is 4.79 Å². The van der Waals surface area contributed by atoms with Gasteiger partial charge in [-0.15, -0.1) is 11.3 Å². The number of carbonyl (C=O) groups excluding carboxylic acids is 1. The number of halogens is 1. The number of aryl methyl sites for hydroxylation is 1. The molecule has 1 N–H and O–H groups in total. The van der Waals surface area contributed by atoms with Gasteiger partial charge >= 0.3 is 0 Å². The molecule has 5 nitrogen and oxygen atoms in total. The summed E-state index contributed by atoms with van der Waals surface area (Å²) in [6, 6.07) is 10.1. The van der Waals surface area contributed by atoms with Gasteiger partial charge in [-0.05, 0) is 43.7 Å². The zero-order chi connectivity index (χ0) is 18.3. The molecule has 1 atom stereocenters. The number of benzene rings is 1. The Bertz CT molecular complexity index is 941. The molecule has 26 heavy (non-hydrogen) atoms. The number of carbonyl (C=O) groups is 1. The topological polar surface area (TPSA) is 50.2 Å². The van der Waals surface area contributed by atoms with Crippen molar-refractivity contribution in [3.05, 3.63) is 51.5 Å². The Kier molecular flexibility index (Phi) is 4.73. The van der Waals surface area contributed by atoms with Gasteiger partial charge < -0.3 is 10.2 Å². The number of nitrogens with zero attached hydrogens (tertiary/aromatic N) is 3. The van der Waals surface area contributed by atoms with Crippen molar-refractivity contribution in [2.75, 3.05) is 20.1 Å². The highest BCUT2D eigenvalue weighted by atomic mass is 35.5. The van der Waals surface area contributed by atoms with Gasteiger partial charge in [0.25, 0.3) is 5.91 Å². The number of aromatic nitrogens is 2. The Morgan fingerprint density at radius 2 is 2.19 bits per heavy atom. The van der Waals surface area contributed by atoms with Gasteiger partial charge in [0.05, 0.1) is 17.1 Å². The van der Waals surface area contributed by atoms with Gasteiger partial charge in [0.2, 0.25) is 0 Å². The largest absolute Gasteiger partial charge is 0.337 e. The van der Waals surface area contributed by atoms with Crippen molar-refractivity contribution < 1.29 is 4.79 Å². The van der Waals surface area contributed by atoms with E-state index in [1.54, 1.807) is 0 Å². The Morgan fingerprint density at radius 1 is 1.42 bits per heavy atom. The quantitative estimate of drug-likeness (QED) is 0.743. The summed E-state index contributed by atoms with van der Waals surface area (Å²) in [5, 5.41) is 9.75. The smallest absolute Gasteiger partial charge is 0.264 e. The Hall–Kier alpha value is -1.89. The first-order valence-corrected chi connectivity index (χ1v) is 9.91. The van der Waals surface area contributed by atoms with E-state index in [0.29, 0.717) is 6.54 Å². The second-order valence-electron chi connectivity index (χ2n) is 6.76. The molecule has 0 saturated carbocycles. The van der Waals surface area contributed by atoms with Crippen molar-refractivity contribution in [1.29, 1.82) is 0 Å². The fourth-order valence-corrected chi connectivity index (χ4v) is 4.67. The number of fused-ring (bicyclic) bond motifs is 1. The summed E-state index contributed by atoms with van der Waals surface area (Å²) in [7, 11) is 1.90. The Balaban J connectivity index is 1.62. The zero-order valence-corrected chi connectivity index (χ0v) is 16.4. The fraction of sp³-hybridized carbons (Fsp3) is 0.368. The van der Waals surface area contributed by atoms with Crippen LogP contribution in [0, 0.1) is 6.92 Å². The lowest BCUT2D eigenvalue weighted by Crippen LogP contribution is -2.37. The third-order valence-corrected chi connectivity index (χ3v) is 6.35. The van der Waals surface area contributed by atoms with E-state index in [1.165, 1.54) is 11.3 Å². The van der Waals surface area contributed by atoms with Crippen molar-refractivity contribution in [3.8, 4) is 0 Å². The second-order valence-corrected chi connectivity index (χ2v) is 8.23. The summed E-state index contributed by atoms with van der Waals surface area (Å²) in [5.41, 5.74) is 2.09. The lowest BCUT2D eigenvalue weighted by Gasteiger charge is -2.22. The molecule has 3 aromatic rings. The maximum atomic E-state index is 12.9. The lowest BCUT2D eigenvalue weighted by atomic mass is 10.2. The van der Waals surface area contributed by atoms with Crippen LogP contribution in [-0.4, -0.2) is 46.8 Å². The van der Waals surface area contributed by atoms with Crippen molar-refractivity contribution in [1.82, 2.24) is 20.0 Å². The number of rotatable bonds is 4. The standard InChI is InChI=1S/C19H21ClN4OS/c1-12-16-9-17(18(25)23(2)15-7-8-21-10-15)26-19(16)24(22-12)11-13-3-5-14(20)6-4-13/h3-6,9,15,21H,7-8,10-11H2,1-2H3. The highest BCUT2D eigenvalue weighted by Gasteiger charge is 2.26. The molecule has 2 aromatic heterocycles. The molecule has 4 rings (SSSR count). The van der Waals surface area contributed by atoms with Gasteiger partial charge in [-0.25, -0.2) is 0 Å². The molecule has 136 valence electrons. The van der Waals surface area contributed by atoms with Crippen LogP contribution in [0.15, 0.2) is 30.3 Å². The minimum Gasteiger partial charge on any atom is -0.337 e. The van der Waals surface area contributed by atoms with Gasteiger partial charge in [0.1, 0.15) is 4.83 Å². The molecule has 1 unspecified atom stereocenters. The number of likely N-dealkylation sites (N-methyl/N-ethyl adjacent to an activating group) is 1. The first-order valence-electron chi connectivity index (χ1n) is 8.72. The molecule has 0 radical (unpaired) electrons. The second kappa shape index (κ2) is 7.02. The van der Waals surface area contributed by atoms with Crippen LogP contribution in [0.1, 0.15) is 27.3 Å². The summed E-state index contributed by atoms with van der Waals surface area (Å²) in [6.07, 6.45) is 1.01. The number of amides is 1. The van der Waals surface area contributed by atoms with Crippen LogP contribution in [-0.2, 0) is 6.54 Å². The molecule has 0 aliphatic carbocycles. The number of thiophene rings is 1. The molecular weight excluding hydrogens is 368 g/mol. The maximum Gasteiger partial charge on any atom is 0.264 e. The lowest BCUT2D eigenvalue weighted by molar-refractivity contribution is 0.0749. The molecule has 0 bridgehead atoms. The zero-order valence-electron chi connectivity index (χ0n) is 14.8. The van der Waals surface area contributed by atoms with E-state index in [-0.39, 0.29) is 11.9 Å². The molecule has 1 fully saturated rings. The van der Waals surface area contributed by atoms with Crippen LogP contribution in [0.5, 0.6) is 0 Å². The van der Waals surface area contributed by atoms with Crippen LogP contribution < -0.4 is 5.32 Å². The van der Waals surface area contributed by atoms with Gasteiger partial charge in [-0.3, -0.25) is 9.48 Å². The molecule has 1 amide bonds. The van der Waals surface area contributed by atoms with Crippen LogP contribution >= 0.6 is 22.9 Å². The molecule has 1 aromatic carbocycles. The van der Waals surface area contributed by atoms with E-state index in [1.807, 2.05) is 53.9 Å². The van der Waals surface area contributed by atoms with E-state index < -0.39 is 0 Å². The highest BCUT2D eigenvalue weighted by Crippen LogP contribution is 2.30. The van der Waals surface area contributed by atoms with Gasteiger partial charge in [0.15, 0.2) is 0 Å². The fourth-order valence-electron chi connectivity index (χ4n) is 3.40. The predicted molar refractivity (Wildman–Crippen MR) is 106 cm³/mol. The van der Waals surface area contributed by atoms with Crippen LogP contribution in [0.3, 0.4) is 0 Å². The summed E-state index contributed by atoms with van der Waals surface area (Å²) in [6.45, 7) is 4.50. The first kappa shape index (κ1) is 17.5. The highest BCUT2D eigenvalue weighted by molar-refractivity contribution is 7.20. The van der Waals surface area contributed by atoms with E-state index in [0.717, 1.165) is 50.9 Å². The van der Waals surface area contributed by atoms with Crippen molar-refractivity contribution in [3.63, 3.8) is 0 Å². The minimum atomic E-state index is 0.0948. The number of nitrogens with one attached hydrogen (secondary N) is 1. The summed E-state index contributed by atoms with van der Waals surface area (Å²) in [5.74, 6) is 0.0948. The van der Waals surface area contributed by atoms with Crippen LogP contribution in [0.25, 0.3) is 10.2 Å². The molecule has 1 aliphatic heterocycles. The summed E-state index contributed by atoms with van der Waals surface area (Å²) < 4.78 is 1.98. The molecule has 1 saturated heterocycles. The Morgan fingerprint density at radius 3 is 2.88 bits per heavy atom. The minimum absolute atomic E-state index is 0.0948. The normalized spacial score (nSPS) is 17.1. The van der Waals surface area contributed by atoms with E-state index in [2.05, 4.69) is 10.4 Å². The SMILES string of the molecule is Cc1nn(Cc2ccc(Cl)cc2)c2sc(C(=O)N(C)C3CCNC3)cc12. The first-order chi connectivity index (χ1) is 12.5. The van der Waals surface area contributed by atoms with Crippen LogP contribution in [0.2, 0.25) is 5.02 Å². The van der Waals surface area contributed by atoms with Crippen molar-refractivity contribution in [2.45, 2.75) is 25.9 Å². The van der Waals surface area contributed by atoms with E-state index >= 15 is 0 Å². The average molecular weight is 389 g/mol. The van der Waals surface area contributed by atoms with Gasteiger partial charge in [-0.1, -0.05) is 23.7 Å².